The minimum Gasteiger partial charge on any atom is -0.192 e. The number of rotatable bonds is 2. The van der Waals surface area contributed by atoms with Crippen molar-refractivity contribution in [2.45, 2.75) is 71.1 Å². The van der Waals surface area contributed by atoms with E-state index in [0.29, 0.717) is 5.92 Å². The molecule has 0 aromatic heterocycles. The first-order valence-corrected chi connectivity index (χ1v) is 17.4. The fourth-order valence-corrected chi connectivity index (χ4v) is 10.2. The molecule has 0 aliphatic heterocycles. The second-order valence-corrected chi connectivity index (χ2v) is 15.7. The Kier molecular flexibility index (Phi) is 6.02. The summed E-state index contributed by atoms with van der Waals surface area (Å²) >= 11 is 0. The van der Waals surface area contributed by atoms with Crippen LogP contribution < -0.4 is 0 Å². The van der Waals surface area contributed by atoms with Gasteiger partial charge in [0, 0.05) is 11.3 Å². The van der Waals surface area contributed by atoms with Gasteiger partial charge in [-0.25, -0.2) is 0 Å². The van der Waals surface area contributed by atoms with Crippen LogP contribution in [-0.4, -0.2) is 0 Å². The molecule has 1 nitrogen and oxygen atoms in total. The minimum absolute atomic E-state index is 0.0766. The molecule has 0 spiro atoms. The van der Waals surface area contributed by atoms with Gasteiger partial charge >= 0.3 is 0 Å². The van der Waals surface area contributed by atoms with Gasteiger partial charge in [0.2, 0.25) is 0 Å². The van der Waals surface area contributed by atoms with Gasteiger partial charge in [-0.15, -0.1) is 0 Å². The molecule has 6 aromatic rings. The topological polar surface area (TPSA) is 23.8 Å². The Labute approximate surface area is 278 Å². The molecule has 3 atom stereocenters. The van der Waals surface area contributed by atoms with Crippen molar-refractivity contribution < 1.29 is 0 Å². The van der Waals surface area contributed by atoms with Crippen molar-refractivity contribution in [3.8, 4) is 28.3 Å². The molecule has 0 radical (unpaired) electrons. The molecule has 9 rings (SSSR count). The van der Waals surface area contributed by atoms with Crippen LogP contribution in [0.15, 0.2) is 109 Å². The molecule has 3 unspecified atom stereocenters. The summed E-state index contributed by atoms with van der Waals surface area (Å²) in [6.07, 6.45) is 6.26. The molecule has 0 saturated heterocycles. The van der Waals surface area contributed by atoms with Crippen LogP contribution in [0.1, 0.15) is 92.7 Å². The van der Waals surface area contributed by atoms with E-state index in [9.17, 15) is 5.26 Å². The van der Waals surface area contributed by atoms with Crippen LogP contribution in [0.25, 0.3) is 43.8 Å². The van der Waals surface area contributed by atoms with Crippen molar-refractivity contribution in [1.29, 1.82) is 5.26 Å². The third-order valence-electron chi connectivity index (χ3n) is 13.0. The SMILES string of the molecule is CC1(C)c2cc(-c3ccc4c(c3)CC3(C)CCCCC3(C)C4c3ccc(C#N)cc3)ccc2-c2c1ccc1c2ccc2ccccc21. The molecule has 0 amide bonds. The molecule has 1 saturated carbocycles. The van der Waals surface area contributed by atoms with Crippen LogP contribution in [-0.2, 0) is 11.8 Å². The fourth-order valence-electron chi connectivity index (χ4n) is 10.2. The Morgan fingerprint density at radius 2 is 1.40 bits per heavy atom. The van der Waals surface area contributed by atoms with Crippen molar-refractivity contribution in [1.82, 2.24) is 0 Å². The molecular weight excluding hydrogens is 567 g/mol. The van der Waals surface area contributed by atoms with Crippen LogP contribution in [0.2, 0.25) is 0 Å². The van der Waals surface area contributed by atoms with E-state index in [1.165, 1.54) is 97.3 Å². The van der Waals surface area contributed by atoms with Gasteiger partial charge in [-0.05, 0) is 120 Å². The quantitative estimate of drug-likeness (QED) is 0.180. The Hall–Kier alpha value is -4.67. The highest BCUT2D eigenvalue weighted by Gasteiger charge is 2.54. The van der Waals surface area contributed by atoms with Gasteiger partial charge in [0.25, 0.3) is 0 Å². The lowest BCUT2D eigenvalue weighted by Crippen LogP contribution is -2.49. The second-order valence-electron chi connectivity index (χ2n) is 15.7. The van der Waals surface area contributed by atoms with Gasteiger partial charge in [-0.2, -0.15) is 5.26 Å². The Bertz CT molecular complexity index is 2300. The summed E-state index contributed by atoms with van der Waals surface area (Å²) in [7, 11) is 0. The number of benzene rings is 6. The molecular formula is C46H41N. The number of fused-ring (bicyclic) bond motifs is 9. The molecule has 6 aromatic carbocycles. The summed E-state index contributed by atoms with van der Waals surface area (Å²) in [5.74, 6) is 0.330. The minimum atomic E-state index is -0.0766. The van der Waals surface area contributed by atoms with E-state index in [1.807, 2.05) is 12.1 Å². The molecule has 0 bridgehead atoms. The van der Waals surface area contributed by atoms with Crippen LogP contribution in [0, 0.1) is 22.2 Å². The Balaban J connectivity index is 1.17. The van der Waals surface area contributed by atoms with Crippen molar-refractivity contribution >= 4 is 21.5 Å². The average molecular weight is 608 g/mol. The Morgan fingerprint density at radius 3 is 2.23 bits per heavy atom. The van der Waals surface area contributed by atoms with Gasteiger partial charge < -0.3 is 0 Å². The predicted molar refractivity (Wildman–Crippen MR) is 196 cm³/mol. The molecule has 1 heteroatoms. The normalized spacial score (nSPS) is 23.9. The first-order chi connectivity index (χ1) is 22.7. The zero-order valence-corrected chi connectivity index (χ0v) is 28.0. The highest BCUT2D eigenvalue weighted by molar-refractivity contribution is 6.14. The van der Waals surface area contributed by atoms with Crippen molar-refractivity contribution in [2.24, 2.45) is 10.8 Å². The zero-order chi connectivity index (χ0) is 32.1. The first-order valence-electron chi connectivity index (χ1n) is 17.4. The maximum absolute atomic E-state index is 9.49. The van der Waals surface area contributed by atoms with Gasteiger partial charge in [0.05, 0.1) is 11.6 Å². The number of hydrogen-bond donors (Lipinski definition) is 0. The van der Waals surface area contributed by atoms with Crippen LogP contribution in [0.3, 0.4) is 0 Å². The number of hydrogen-bond acceptors (Lipinski definition) is 1. The highest BCUT2D eigenvalue weighted by atomic mass is 14.6. The zero-order valence-electron chi connectivity index (χ0n) is 28.0. The van der Waals surface area contributed by atoms with E-state index in [1.54, 1.807) is 0 Å². The van der Waals surface area contributed by atoms with E-state index in [0.717, 1.165) is 12.0 Å². The standard InChI is InChI=1S/C46H41N/c1-44(2)40-22-21-37-35-10-6-5-9-30(35)15-19-38(37)42(40)39-20-17-33(26-41(39)44)32-16-18-36-34(25-32)27-45(3)23-7-8-24-46(45,4)43(36)31-13-11-29(28-47)12-14-31/h5-6,9-22,25-26,43H,7-8,23-24,27H2,1-4H3. The Morgan fingerprint density at radius 1 is 0.660 bits per heavy atom. The van der Waals surface area contributed by atoms with Gasteiger partial charge in [-0.3, -0.25) is 0 Å². The lowest BCUT2D eigenvalue weighted by atomic mass is 9.46. The summed E-state index contributed by atoms with van der Waals surface area (Å²) in [6, 6.07) is 43.5. The number of nitriles is 1. The smallest absolute Gasteiger partial charge is 0.0991 e. The van der Waals surface area contributed by atoms with Crippen LogP contribution >= 0.6 is 0 Å². The van der Waals surface area contributed by atoms with Crippen molar-refractivity contribution in [3.05, 3.63) is 143 Å². The summed E-state index contributed by atoms with van der Waals surface area (Å²) < 4.78 is 0. The van der Waals surface area contributed by atoms with Crippen LogP contribution in [0.4, 0.5) is 0 Å². The van der Waals surface area contributed by atoms with Crippen LogP contribution in [0.5, 0.6) is 0 Å². The predicted octanol–water partition coefficient (Wildman–Crippen LogP) is 12.1. The second kappa shape index (κ2) is 9.92. The van der Waals surface area contributed by atoms with Gasteiger partial charge in [0.1, 0.15) is 0 Å². The molecule has 1 fully saturated rings. The molecule has 3 aliphatic carbocycles. The molecule has 230 valence electrons. The van der Waals surface area contributed by atoms with E-state index < -0.39 is 0 Å². The molecule has 0 N–H and O–H groups in total. The van der Waals surface area contributed by atoms with E-state index in [4.69, 9.17) is 0 Å². The highest BCUT2D eigenvalue weighted by Crippen LogP contribution is 2.64. The lowest BCUT2D eigenvalue weighted by Gasteiger charge is -2.58. The fraction of sp³-hybridized carbons (Fsp3) is 0.283. The van der Waals surface area contributed by atoms with E-state index >= 15 is 0 Å². The van der Waals surface area contributed by atoms with E-state index in [2.05, 4.69) is 131 Å². The third kappa shape index (κ3) is 3.94. The molecule has 3 aliphatic rings. The van der Waals surface area contributed by atoms with Crippen molar-refractivity contribution in [2.75, 3.05) is 0 Å². The average Bonchev–Trinajstić information content (AvgIpc) is 3.32. The summed E-state index contributed by atoms with van der Waals surface area (Å²) in [5, 5.41) is 14.8. The number of nitrogens with zero attached hydrogens (tertiary/aromatic N) is 1. The maximum Gasteiger partial charge on any atom is 0.0991 e. The largest absolute Gasteiger partial charge is 0.192 e. The first kappa shape index (κ1) is 28.5. The lowest BCUT2D eigenvalue weighted by molar-refractivity contribution is -0.00925. The van der Waals surface area contributed by atoms with E-state index in [-0.39, 0.29) is 16.2 Å². The van der Waals surface area contributed by atoms with Crippen molar-refractivity contribution in [3.63, 3.8) is 0 Å². The third-order valence-corrected chi connectivity index (χ3v) is 13.0. The summed E-state index contributed by atoms with van der Waals surface area (Å²) in [6.45, 7) is 9.90. The van der Waals surface area contributed by atoms with Gasteiger partial charge in [0.15, 0.2) is 0 Å². The monoisotopic (exact) mass is 607 g/mol. The summed E-state index contributed by atoms with van der Waals surface area (Å²) in [5.41, 5.74) is 13.7. The van der Waals surface area contributed by atoms with Gasteiger partial charge in [-0.1, -0.05) is 132 Å². The summed E-state index contributed by atoms with van der Waals surface area (Å²) in [4.78, 5) is 0. The molecule has 47 heavy (non-hydrogen) atoms. The maximum atomic E-state index is 9.49. The molecule has 0 heterocycles.